The fourth-order valence-electron chi connectivity index (χ4n) is 4.61. The van der Waals surface area contributed by atoms with Gasteiger partial charge < -0.3 is 14.9 Å². The smallest absolute Gasteiger partial charge is 0.221 e. The van der Waals surface area contributed by atoms with Gasteiger partial charge in [-0.05, 0) is 60.5 Å². The molecule has 2 heterocycles. The van der Waals surface area contributed by atoms with Crippen LogP contribution in [0, 0.1) is 0 Å². The maximum atomic E-state index is 11.6. The van der Waals surface area contributed by atoms with Crippen LogP contribution in [-0.4, -0.2) is 25.0 Å². The fraction of sp³-hybridized carbons (Fsp3) is 0.269. The second-order valence-electron chi connectivity index (χ2n) is 8.23. The van der Waals surface area contributed by atoms with Crippen molar-refractivity contribution in [3.05, 3.63) is 72.3 Å². The van der Waals surface area contributed by atoms with E-state index in [9.17, 15) is 4.79 Å². The number of benzene rings is 3. The lowest BCUT2D eigenvalue weighted by Crippen LogP contribution is -2.33. The molecule has 3 aromatic carbocycles. The van der Waals surface area contributed by atoms with Gasteiger partial charge in [0.1, 0.15) is 0 Å². The van der Waals surface area contributed by atoms with E-state index in [1.165, 1.54) is 27.1 Å². The standard InChI is InChI=1S/C26H27N3OS/c1-18(30)28-23-12-13-24-26-22(23)10-5-11-25(26)31-29(24)16-6-9-21-17-20(14-15-27-21)19-7-3-2-4-8-19/h2-5,7-8,10-14,21,27H,6,9,15-17H2,1H3,(H,28,30). The van der Waals surface area contributed by atoms with E-state index in [0.29, 0.717) is 6.04 Å². The minimum absolute atomic E-state index is 0.0351. The number of hydrogen-bond acceptors (Lipinski definition) is 4. The first-order chi connectivity index (χ1) is 15.2. The highest BCUT2D eigenvalue weighted by Gasteiger charge is 2.24. The molecule has 1 unspecified atom stereocenters. The topological polar surface area (TPSA) is 44.4 Å². The van der Waals surface area contributed by atoms with Crippen LogP contribution in [0.5, 0.6) is 0 Å². The van der Waals surface area contributed by atoms with Gasteiger partial charge in [-0.15, -0.1) is 0 Å². The van der Waals surface area contributed by atoms with Crippen molar-refractivity contribution in [1.82, 2.24) is 5.32 Å². The SMILES string of the molecule is CC(=O)Nc1ccc2c3c(cccc13)SN2CCCC1CC(c2ccccc2)=CCN1. The highest BCUT2D eigenvalue weighted by Crippen LogP contribution is 2.48. The molecule has 0 aliphatic carbocycles. The summed E-state index contributed by atoms with van der Waals surface area (Å²) in [6, 6.07) is 21.8. The van der Waals surface area contributed by atoms with Crippen LogP contribution in [0.2, 0.25) is 0 Å². The molecule has 2 N–H and O–H groups in total. The molecule has 5 heteroatoms. The van der Waals surface area contributed by atoms with Gasteiger partial charge in [0.25, 0.3) is 0 Å². The van der Waals surface area contributed by atoms with Crippen LogP contribution in [0.15, 0.2) is 71.6 Å². The van der Waals surface area contributed by atoms with E-state index < -0.39 is 0 Å². The van der Waals surface area contributed by atoms with Gasteiger partial charge >= 0.3 is 0 Å². The van der Waals surface area contributed by atoms with E-state index in [1.807, 2.05) is 18.0 Å². The Labute approximate surface area is 187 Å². The Bertz CT molecular complexity index is 1140. The third-order valence-corrected chi connectivity index (χ3v) is 7.18. The number of hydrogen-bond donors (Lipinski definition) is 2. The molecule has 0 bridgehead atoms. The van der Waals surface area contributed by atoms with Crippen molar-refractivity contribution in [2.45, 2.75) is 37.1 Å². The minimum Gasteiger partial charge on any atom is -0.326 e. The summed E-state index contributed by atoms with van der Waals surface area (Å²) in [5.74, 6) is -0.0351. The molecule has 0 fully saturated rings. The van der Waals surface area contributed by atoms with Gasteiger partial charge in [-0.2, -0.15) is 0 Å². The Kier molecular flexibility index (Phi) is 5.70. The Morgan fingerprint density at radius 1 is 1.13 bits per heavy atom. The van der Waals surface area contributed by atoms with Gasteiger partial charge in [-0.3, -0.25) is 4.79 Å². The number of carbonyl (C=O) groups is 1. The molecular weight excluding hydrogens is 402 g/mol. The van der Waals surface area contributed by atoms with E-state index in [0.717, 1.165) is 43.4 Å². The maximum absolute atomic E-state index is 11.6. The van der Waals surface area contributed by atoms with Crippen LogP contribution in [-0.2, 0) is 4.79 Å². The number of carbonyl (C=O) groups excluding carboxylic acids is 1. The number of rotatable bonds is 6. The first-order valence-electron chi connectivity index (χ1n) is 11.0. The highest BCUT2D eigenvalue weighted by atomic mass is 32.2. The quantitative estimate of drug-likeness (QED) is 0.482. The maximum Gasteiger partial charge on any atom is 0.221 e. The van der Waals surface area contributed by atoms with Crippen LogP contribution in [0.1, 0.15) is 31.7 Å². The van der Waals surface area contributed by atoms with E-state index >= 15 is 0 Å². The van der Waals surface area contributed by atoms with Gasteiger partial charge in [-0.25, -0.2) is 0 Å². The molecule has 5 rings (SSSR count). The van der Waals surface area contributed by atoms with Crippen molar-refractivity contribution in [3.63, 3.8) is 0 Å². The number of nitrogens with zero attached hydrogens (tertiary/aromatic N) is 1. The van der Waals surface area contributed by atoms with Crippen LogP contribution in [0.25, 0.3) is 16.3 Å². The van der Waals surface area contributed by atoms with Crippen LogP contribution in [0.4, 0.5) is 11.4 Å². The Morgan fingerprint density at radius 2 is 2.00 bits per heavy atom. The summed E-state index contributed by atoms with van der Waals surface area (Å²) in [5, 5.41) is 9.00. The molecule has 4 nitrogen and oxygen atoms in total. The molecule has 0 spiro atoms. The molecule has 2 aliphatic heterocycles. The van der Waals surface area contributed by atoms with Crippen molar-refractivity contribution >= 4 is 45.6 Å². The summed E-state index contributed by atoms with van der Waals surface area (Å²) in [6.45, 7) is 3.52. The van der Waals surface area contributed by atoms with E-state index in [-0.39, 0.29) is 5.91 Å². The van der Waals surface area contributed by atoms with Crippen molar-refractivity contribution in [2.75, 3.05) is 22.7 Å². The van der Waals surface area contributed by atoms with Crippen LogP contribution >= 0.6 is 11.9 Å². The normalized spacial score (nSPS) is 17.6. The Morgan fingerprint density at radius 3 is 2.84 bits per heavy atom. The van der Waals surface area contributed by atoms with Crippen molar-refractivity contribution in [3.8, 4) is 0 Å². The summed E-state index contributed by atoms with van der Waals surface area (Å²) in [4.78, 5) is 12.8. The van der Waals surface area contributed by atoms with Gasteiger partial charge in [-0.1, -0.05) is 48.5 Å². The lowest BCUT2D eigenvalue weighted by molar-refractivity contribution is -0.114. The number of nitrogens with one attached hydrogen (secondary N) is 2. The molecular formula is C26H27N3OS. The molecule has 0 radical (unpaired) electrons. The zero-order valence-corrected chi connectivity index (χ0v) is 18.5. The lowest BCUT2D eigenvalue weighted by Gasteiger charge is -2.26. The zero-order chi connectivity index (χ0) is 21.2. The van der Waals surface area contributed by atoms with E-state index in [2.05, 4.69) is 75.6 Å². The predicted molar refractivity (Wildman–Crippen MR) is 132 cm³/mol. The first-order valence-corrected chi connectivity index (χ1v) is 11.7. The summed E-state index contributed by atoms with van der Waals surface area (Å²) in [6.07, 6.45) is 5.71. The third kappa shape index (κ3) is 4.21. The minimum atomic E-state index is -0.0351. The molecule has 31 heavy (non-hydrogen) atoms. The molecule has 1 amide bonds. The van der Waals surface area contributed by atoms with E-state index in [1.54, 1.807) is 6.92 Å². The van der Waals surface area contributed by atoms with Gasteiger partial charge in [0.2, 0.25) is 5.91 Å². The number of amides is 1. The van der Waals surface area contributed by atoms with Gasteiger partial charge in [0.05, 0.1) is 5.69 Å². The van der Waals surface area contributed by atoms with Gasteiger partial charge in [0, 0.05) is 47.4 Å². The second kappa shape index (κ2) is 8.77. The van der Waals surface area contributed by atoms with Crippen molar-refractivity contribution in [2.24, 2.45) is 0 Å². The lowest BCUT2D eigenvalue weighted by atomic mass is 9.93. The largest absolute Gasteiger partial charge is 0.326 e. The summed E-state index contributed by atoms with van der Waals surface area (Å²) in [5.41, 5.74) is 4.96. The third-order valence-electron chi connectivity index (χ3n) is 6.05. The average Bonchev–Trinajstić information content (AvgIpc) is 3.15. The second-order valence-corrected chi connectivity index (χ2v) is 9.30. The molecule has 0 saturated carbocycles. The first kappa shape index (κ1) is 20.2. The van der Waals surface area contributed by atoms with E-state index in [4.69, 9.17) is 0 Å². The molecule has 3 aromatic rings. The monoisotopic (exact) mass is 429 g/mol. The summed E-state index contributed by atoms with van der Waals surface area (Å²) in [7, 11) is 0. The van der Waals surface area contributed by atoms with Crippen LogP contribution in [0.3, 0.4) is 0 Å². The number of anilines is 2. The van der Waals surface area contributed by atoms with Crippen LogP contribution < -0.4 is 14.9 Å². The predicted octanol–water partition coefficient (Wildman–Crippen LogP) is 5.85. The zero-order valence-electron chi connectivity index (χ0n) is 17.7. The average molecular weight is 430 g/mol. The Hall–Kier alpha value is -2.76. The van der Waals surface area contributed by atoms with Crippen molar-refractivity contribution < 1.29 is 4.79 Å². The van der Waals surface area contributed by atoms with Gasteiger partial charge in [0.15, 0.2) is 0 Å². The summed E-state index contributed by atoms with van der Waals surface area (Å²) < 4.78 is 2.41. The highest BCUT2D eigenvalue weighted by molar-refractivity contribution is 8.01. The molecule has 0 aromatic heterocycles. The molecule has 158 valence electrons. The molecule has 0 saturated heterocycles. The molecule has 1 atom stereocenters. The fourth-order valence-corrected chi connectivity index (χ4v) is 5.77. The Balaban J connectivity index is 1.24. The van der Waals surface area contributed by atoms with Crippen molar-refractivity contribution in [1.29, 1.82) is 0 Å². The molecule has 2 aliphatic rings. The summed E-state index contributed by atoms with van der Waals surface area (Å²) >= 11 is 1.82.